The third-order valence-electron chi connectivity index (χ3n) is 10.2. The molecule has 105 heavy (non-hydrogen) atoms. The minimum absolute atomic E-state index is 0. The number of likely N-dealkylation sites (N-methyl/N-ethyl adjacent to an activating group) is 2. The van der Waals surface area contributed by atoms with Gasteiger partial charge in [-0.3, -0.25) is 19.2 Å². The Morgan fingerprint density at radius 1 is 0.419 bits per heavy atom. The van der Waals surface area contributed by atoms with Gasteiger partial charge in [0.2, 0.25) is 23.6 Å². The van der Waals surface area contributed by atoms with Crippen molar-refractivity contribution in [3.05, 3.63) is 108 Å². The van der Waals surface area contributed by atoms with Gasteiger partial charge in [0.1, 0.15) is 86.0 Å². The first kappa shape index (κ1) is 172. The van der Waals surface area contributed by atoms with Crippen LogP contribution in [0.4, 0.5) is 0 Å². The summed E-state index contributed by atoms with van der Waals surface area (Å²) in [6.07, 6.45) is 7.22. The minimum atomic E-state index is -0.861. The van der Waals surface area contributed by atoms with E-state index in [0.717, 1.165) is 54.6 Å². The zero-order valence-electron chi connectivity index (χ0n) is 71.8. The second-order valence-corrected chi connectivity index (χ2v) is 18.4. The molecule has 0 unspecified atom stereocenters. The van der Waals surface area contributed by atoms with Crippen LogP contribution in [-0.2, 0) is 86.4 Å². The minimum Gasteiger partial charge on any atom is -0.394 e. The molecule has 0 spiro atoms. The smallest absolute Gasteiger partial charge is 0.246 e. The van der Waals surface area contributed by atoms with Crippen molar-refractivity contribution in [3.63, 3.8) is 0 Å². The first-order valence-corrected chi connectivity index (χ1v) is 32.8. The molecule has 0 bridgehead atoms. The molecule has 3 aromatic rings. The molecular weight excluding hydrogens is 1350 g/mol. The lowest BCUT2D eigenvalue weighted by Gasteiger charge is -2.35. The Morgan fingerprint density at radius 2 is 0.629 bits per heavy atom. The number of hydrogen-bond donors (Lipinski definition) is 12. The van der Waals surface area contributed by atoms with Gasteiger partial charge in [-0.25, -0.2) is 0 Å². The summed E-state index contributed by atoms with van der Waals surface area (Å²) in [6.45, 7) is 61.9. The van der Waals surface area contributed by atoms with E-state index < -0.39 is 24.0 Å². The van der Waals surface area contributed by atoms with Gasteiger partial charge in [-0.15, -0.1) is 0 Å². The quantitative estimate of drug-likeness (QED) is 0.0756. The lowest BCUT2D eigenvalue weighted by molar-refractivity contribution is -0.147. The van der Waals surface area contributed by atoms with E-state index in [1.807, 2.05) is 176 Å². The fraction of sp³-hybridized carbons (Fsp3) is 0.579. The number of rotatable bonds is 13. The van der Waals surface area contributed by atoms with Gasteiger partial charge in [-0.05, 0) is 116 Å². The second-order valence-electron chi connectivity index (χ2n) is 18.4. The van der Waals surface area contributed by atoms with Crippen molar-refractivity contribution >= 4 is 91.5 Å². The lowest BCUT2D eigenvalue weighted by atomic mass is 10.00. The van der Waals surface area contributed by atoms with Crippen LogP contribution in [0.25, 0.3) is 0 Å². The molecule has 29 nitrogen and oxygen atoms in total. The van der Waals surface area contributed by atoms with Gasteiger partial charge in [0.05, 0.1) is 0 Å². The van der Waals surface area contributed by atoms with Gasteiger partial charge in [0.25, 0.3) is 0 Å². The van der Waals surface area contributed by atoms with E-state index >= 15 is 0 Å². The highest BCUT2D eigenvalue weighted by molar-refractivity contribution is 5.94. The number of nitrogens with one attached hydrogen (secondary N) is 1. The number of benzene rings is 3. The number of carbonyl (C=O) groups excluding carboxylic acids is 14. The fourth-order valence-electron chi connectivity index (χ4n) is 5.55. The molecule has 3 aromatic carbocycles. The summed E-state index contributed by atoms with van der Waals surface area (Å²) in [5.41, 5.74) is 25.7. The summed E-state index contributed by atoms with van der Waals surface area (Å²) in [4.78, 5) is 137. The molecular formula is C76H170N14O15. The standard InChI is InChI=1S/C30H40N4O4.C8H10.2C5H12.C4H10.C3H8O.3C2H6.5CH5N.10CH2O.5H3N/c1-22(29(37)34-18-12-7-13-19-34)31-28(36)26(20-24-14-8-5-9-15-24)33(4)30(38)27(32(3)23(2)35)21-25-16-10-6-11-17-25;1-2-8-6-4-3-5-7-8;2*1-4-5(2)3;1-4(2)3;1-3(2)4;18*1-2;;;;;/h5-6,8-11,14-17,22,26-27H,7,12-13,18-21H2,1-4H3,(H,31,36);3-7H,2H2,1H3;2*5H,4H2,1-3H3;4H,1-3H3;3-4H,1-2H3;3*1-2H3;5*2H2,1H3;10*1H2;5*1H3/t22-,26-,27-;;;;;;;;;;;;;;;;;;;;;;;;;;;;/m0............................/s1. The van der Waals surface area contributed by atoms with Crippen LogP contribution in [0.1, 0.15) is 187 Å². The van der Waals surface area contributed by atoms with Crippen LogP contribution in [0.3, 0.4) is 0 Å². The van der Waals surface area contributed by atoms with Gasteiger partial charge in [0, 0.05) is 53.1 Å². The SMILES string of the molecule is C=O.C=O.C=O.C=O.C=O.C=O.C=O.C=O.C=O.C=O.CC.CC.CC.CC(=O)N(C)[C@@H](Cc1ccccc1)C(=O)N(C)[C@@H](Cc1ccccc1)C(=O)N[C@@H](C)C(=O)N1CCCCC1.CC(C)C.CC(C)O.CCC(C)C.CCC(C)C.CCc1ccccc1.CN.CN.CN.CN.CN.N.N.N.N.N. The molecule has 4 rings (SSSR count). The van der Waals surface area contributed by atoms with E-state index in [1.165, 1.54) is 70.4 Å². The number of aliphatic hydroxyl groups is 1. The van der Waals surface area contributed by atoms with Crippen molar-refractivity contribution in [1.82, 2.24) is 50.8 Å². The average molecular weight is 1520 g/mol. The van der Waals surface area contributed by atoms with Gasteiger partial charge >= 0.3 is 0 Å². The number of hydrogen-bond acceptors (Lipinski definition) is 25. The maximum Gasteiger partial charge on any atom is 0.246 e. The van der Waals surface area contributed by atoms with E-state index in [-0.39, 0.29) is 61.0 Å². The zero-order chi connectivity index (χ0) is 85.2. The molecule has 1 aliphatic heterocycles. The summed E-state index contributed by atoms with van der Waals surface area (Å²) >= 11 is 0. The number of likely N-dealkylation sites (tertiary alicyclic amines) is 1. The lowest BCUT2D eigenvalue weighted by Crippen LogP contribution is -2.58. The highest BCUT2D eigenvalue weighted by Gasteiger charge is 2.35. The van der Waals surface area contributed by atoms with Crippen molar-refractivity contribution in [1.29, 1.82) is 0 Å². The Hall–Kier alpha value is -8.20. The van der Waals surface area contributed by atoms with Crippen LogP contribution in [0.2, 0.25) is 0 Å². The average Bonchev–Trinajstić information content (AvgIpc) is 0.824. The molecule has 0 aliphatic carbocycles. The van der Waals surface area contributed by atoms with Gasteiger partial charge < -0.3 is 132 Å². The van der Waals surface area contributed by atoms with Crippen LogP contribution in [-0.4, -0.2) is 198 Å². The van der Waals surface area contributed by atoms with E-state index in [1.54, 1.807) is 39.8 Å². The maximum absolute atomic E-state index is 13.9. The Balaban J connectivity index is -0.0000000346. The summed E-state index contributed by atoms with van der Waals surface area (Å²) in [7, 11) is 10.7. The number of aliphatic hydroxyl groups excluding tert-OH is 1. The van der Waals surface area contributed by atoms with Crippen LogP contribution >= 0.6 is 0 Å². The molecule has 1 aliphatic rings. The maximum atomic E-state index is 13.9. The molecule has 1 saturated heterocycles. The normalized spacial score (nSPS) is 8.79. The Kier molecular flexibility index (Phi) is 299. The van der Waals surface area contributed by atoms with E-state index in [9.17, 15) is 19.2 Å². The van der Waals surface area contributed by atoms with Gasteiger partial charge in [-0.2, -0.15) is 0 Å². The Bertz CT molecular complexity index is 1800. The number of carbonyl (C=O) groups is 14. The predicted octanol–water partition coefficient (Wildman–Crippen LogP) is 11.0. The van der Waals surface area contributed by atoms with Crippen molar-refractivity contribution in [2.75, 3.05) is 62.4 Å². The Morgan fingerprint density at radius 3 is 0.819 bits per heavy atom. The predicted molar refractivity (Wildman–Crippen MR) is 452 cm³/mol. The van der Waals surface area contributed by atoms with Crippen LogP contribution in [0.5, 0.6) is 0 Å². The number of amides is 4. The topological polar surface area (TPSA) is 586 Å². The molecule has 0 radical (unpaired) electrons. The molecule has 1 fully saturated rings. The summed E-state index contributed by atoms with van der Waals surface area (Å²) in [5, 5.41) is 10.9. The van der Waals surface area contributed by atoms with Crippen LogP contribution in [0, 0.1) is 17.8 Å². The monoisotopic (exact) mass is 1520 g/mol. The zero-order valence-corrected chi connectivity index (χ0v) is 71.8. The first-order valence-electron chi connectivity index (χ1n) is 32.8. The van der Waals surface area contributed by atoms with Gasteiger partial charge in [-0.1, -0.05) is 215 Å². The van der Waals surface area contributed by atoms with Crippen molar-refractivity contribution in [2.45, 2.75) is 214 Å². The number of nitrogens with zero attached hydrogens (tertiary/aromatic N) is 3. The van der Waals surface area contributed by atoms with Gasteiger partial charge in [0.15, 0.2) is 0 Å². The van der Waals surface area contributed by atoms with Crippen molar-refractivity contribution in [2.24, 2.45) is 46.4 Å². The molecule has 27 N–H and O–H groups in total. The van der Waals surface area contributed by atoms with Crippen molar-refractivity contribution in [3.8, 4) is 0 Å². The van der Waals surface area contributed by atoms with Crippen molar-refractivity contribution < 1.29 is 72.2 Å². The third-order valence-corrected chi connectivity index (χ3v) is 10.2. The number of aryl methyl sites for hydroxylation is 1. The third kappa shape index (κ3) is 155. The summed E-state index contributed by atoms with van der Waals surface area (Å²) < 4.78 is 0. The molecule has 3 atom stereocenters. The molecule has 4 amide bonds. The molecule has 634 valence electrons. The largest absolute Gasteiger partial charge is 0.394 e. The molecule has 1 heterocycles. The van der Waals surface area contributed by atoms with E-state index in [0.29, 0.717) is 19.5 Å². The van der Waals surface area contributed by atoms with E-state index in [4.69, 9.17) is 53.1 Å². The number of piperidine rings is 1. The summed E-state index contributed by atoms with van der Waals surface area (Å²) in [6, 6.07) is 27.1. The molecule has 0 aromatic heterocycles. The second kappa shape index (κ2) is 182. The Labute approximate surface area is 642 Å². The highest BCUT2D eigenvalue weighted by Crippen LogP contribution is 2.17. The fourth-order valence-corrected chi connectivity index (χ4v) is 5.55. The molecule has 29 heteroatoms. The van der Waals surface area contributed by atoms with Crippen LogP contribution in [0.15, 0.2) is 91.0 Å². The molecule has 0 saturated carbocycles. The highest BCUT2D eigenvalue weighted by atomic mass is 16.3. The van der Waals surface area contributed by atoms with Crippen LogP contribution < -0.4 is 64.7 Å². The first-order chi connectivity index (χ1) is 48.1. The van der Waals surface area contributed by atoms with E-state index in [2.05, 4.69) is 127 Å². The summed E-state index contributed by atoms with van der Waals surface area (Å²) in [5.74, 6) is 1.52. The number of nitrogens with two attached hydrogens (primary N) is 5.